The SMILES string of the molecule is Cc1noc(C)c1CN1C(=O)COc2ccc(NC(=O)c3ccc(F)c(F)c3)cc21. The lowest BCUT2D eigenvalue weighted by atomic mass is 10.1. The number of fused-ring (bicyclic) bond motifs is 1. The van der Waals surface area contributed by atoms with Crippen LogP contribution in [-0.2, 0) is 11.3 Å². The number of hydrogen-bond donors (Lipinski definition) is 1. The second kappa shape index (κ2) is 7.58. The highest BCUT2D eigenvalue weighted by molar-refractivity contribution is 6.05. The third kappa shape index (κ3) is 3.61. The van der Waals surface area contributed by atoms with E-state index in [-0.39, 0.29) is 24.6 Å². The number of ether oxygens (including phenoxy) is 1. The van der Waals surface area contributed by atoms with Crippen molar-refractivity contribution in [3.63, 3.8) is 0 Å². The van der Waals surface area contributed by atoms with Gasteiger partial charge in [-0.2, -0.15) is 0 Å². The standard InChI is InChI=1S/C21H17F2N3O4/c1-11-15(12(2)30-25-11)9-26-18-8-14(4-6-19(18)29-10-20(26)27)24-21(28)13-3-5-16(22)17(23)7-13/h3-8H,9-10H2,1-2H3,(H,24,28). The predicted molar refractivity (Wildman–Crippen MR) is 103 cm³/mol. The Hall–Kier alpha value is -3.75. The molecule has 0 saturated carbocycles. The quantitative estimate of drug-likeness (QED) is 0.704. The van der Waals surface area contributed by atoms with Crippen molar-refractivity contribution >= 4 is 23.2 Å². The zero-order chi connectivity index (χ0) is 21.4. The van der Waals surface area contributed by atoms with Gasteiger partial charge in [0.1, 0.15) is 11.5 Å². The van der Waals surface area contributed by atoms with Gasteiger partial charge in [-0.3, -0.25) is 9.59 Å². The van der Waals surface area contributed by atoms with Gasteiger partial charge in [-0.25, -0.2) is 8.78 Å². The Bertz CT molecular complexity index is 1140. The highest BCUT2D eigenvalue weighted by Gasteiger charge is 2.28. The molecule has 0 unspecified atom stereocenters. The third-order valence-corrected chi connectivity index (χ3v) is 4.84. The van der Waals surface area contributed by atoms with Crippen LogP contribution < -0.4 is 15.0 Å². The average molecular weight is 413 g/mol. The maximum atomic E-state index is 13.4. The number of nitrogens with one attached hydrogen (secondary N) is 1. The largest absolute Gasteiger partial charge is 0.482 e. The van der Waals surface area contributed by atoms with Crippen molar-refractivity contribution in [2.45, 2.75) is 20.4 Å². The van der Waals surface area contributed by atoms with Crippen LogP contribution in [-0.4, -0.2) is 23.6 Å². The highest BCUT2D eigenvalue weighted by Crippen LogP contribution is 2.36. The van der Waals surface area contributed by atoms with Crippen molar-refractivity contribution in [1.29, 1.82) is 0 Å². The topological polar surface area (TPSA) is 84.7 Å². The number of halogens is 2. The maximum Gasteiger partial charge on any atom is 0.265 e. The Morgan fingerprint density at radius 1 is 1.17 bits per heavy atom. The molecule has 154 valence electrons. The summed E-state index contributed by atoms with van der Waals surface area (Å²) in [5.74, 6) is -1.94. The third-order valence-electron chi connectivity index (χ3n) is 4.84. The molecule has 1 aromatic heterocycles. The van der Waals surface area contributed by atoms with E-state index in [2.05, 4.69) is 10.5 Å². The molecule has 0 bridgehead atoms. The van der Waals surface area contributed by atoms with Gasteiger partial charge < -0.3 is 19.5 Å². The number of anilines is 2. The first-order valence-corrected chi connectivity index (χ1v) is 9.09. The van der Waals surface area contributed by atoms with E-state index < -0.39 is 17.5 Å². The number of carbonyl (C=O) groups excluding carboxylic acids is 2. The minimum absolute atomic E-state index is 0.0356. The average Bonchev–Trinajstić information content (AvgIpc) is 3.04. The second-order valence-corrected chi connectivity index (χ2v) is 6.84. The monoisotopic (exact) mass is 413 g/mol. The molecule has 3 aromatic rings. The molecule has 0 atom stereocenters. The van der Waals surface area contributed by atoms with Crippen molar-refractivity contribution in [2.75, 3.05) is 16.8 Å². The lowest BCUT2D eigenvalue weighted by Gasteiger charge is -2.29. The fourth-order valence-electron chi connectivity index (χ4n) is 3.18. The first-order valence-electron chi connectivity index (χ1n) is 9.09. The van der Waals surface area contributed by atoms with Gasteiger partial charge >= 0.3 is 0 Å². The maximum absolute atomic E-state index is 13.4. The van der Waals surface area contributed by atoms with Gasteiger partial charge in [0.25, 0.3) is 11.8 Å². The first kappa shape index (κ1) is 19.6. The van der Waals surface area contributed by atoms with E-state index in [1.54, 1.807) is 32.0 Å². The van der Waals surface area contributed by atoms with Crippen LogP contribution in [0.1, 0.15) is 27.4 Å². The fourth-order valence-corrected chi connectivity index (χ4v) is 3.18. The van der Waals surface area contributed by atoms with Gasteiger partial charge in [0, 0.05) is 16.8 Å². The summed E-state index contributed by atoms with van der Waals surface area (Å²) in [7, 11) is 0. The molecule has 30 heavy (non-hydrogen) atoms. The number of hydrogen-bond acceptors (Lipinski definition) is 5. The van der Waals surface area contributed by atoms with Crippen LogP contribution in [0, 0.1) is 25.5 Å². The molecule has 0 spiro atoms. The summed E-state index contributed by atoms with van der Waals surface area (Å²) >= 11 is 0. The van der Waals surface area contributed by atoms with Crippen molar-refractivity contribution in [3.05, 3.63) is 70.6 Å². The van der Waals surface area contributed by atoms with Crippen LogP contribution in [0.3, 0.4) is 0 Å². The molecule has 1 aliphatic heterocycles. The number of nitrogens with zero attached hydrogens (tertiary/aromatic N) is 2. The number of amides is 2. The normalized spacial score (nSPS) is 13.1. The molecule has 4 rings (SSSR count). The summed E-state index contributed by atoms with van der Waals surface area (Å²) in [4.78, 5) is 26.4. The van der Waals surface area contributed by atoms with Gasteiger partial charge in [0.2, 0.25) is 0 Å². The number of carbonyl (C=O) groups is 2. The molecule has 1 aliphatic rings. The van der Waals surface area contributed by atoms with E-state index >= 15 is 0 Å². The lowest BCUT2D eigenvalue weighted by Crippen LogP contribution is -2.38. The summed E-state index contributed by atoms with van der Waals surface area (Å²) in [5, 5.41) is 6.53. The fraction of sp³-hybridized carbons (Fsp3) is 0.190. The van der Waals surface area contributed by atoms with Gasteiger partial charge in [-0.05, 0) is 50.2 Å². The van der Waals surface area contributed by atoms with Crippen molar-refractivity contribution in [1.82, 2.24) is 5.16 Å². The molecular weight excluding hydrogens is 396 g/mol. The Balaban J connectivity index is 1.62. The van der Waals surface area contributed by atoms with Crippen LogP contribution in [0.4, 0.5) is 20.2 Å². The van der Waals surface area contributed by atoms with Crippen molar-refractivity contribution in [2.24, 2.45) is 0 Å². The highest BCUT2D eigenvalue weighted by atomic mass is 19.2. The van der Waals surface area contributed by atoms with E-state index in [0.717, 1.165) is 17.7 Å². The van der Waals surface area contributed by atoms with E-state index in [9.17, 15) is 18.4 Å². The van der Waals surface area contributed by atoms with Gasteiger partial charge in [0.05, 0.1) is 17.9 Å². The molecule has 0 radical (unpaired) electrons. The minimum Gasteiger partial charge on any atom is -0.482 e. The number of aryl methyl sites for hydroxylation is 2. The Morgan fingerprint density at radius 2 is 1.97 bits per heavy atom. The molecule has 0 saturated heterocycles. The molecular formula is C21H17F2N3O4. The summed E-state index contributed by atoms with van der Waals surface area (Å²) < 4.78 is 37.2. The number of rotatable bonds is 4. The smallest absolute Gasteiger partial charge is 0.265 e. The molecule has 7 nitrogen and oxygen atoms in total. The zero-order valence-electron chi connectivity index (χ0n) is 16.2. The number of aromatic nitrogens is 1. The van der Waals surface area contributed by atoms with Crippen LogP contribution in [0.2, 0.25) is 0 Å². The molecule has 0 aliphatic carbocycles. The second-order valence-electron chi connectivity index (χ2n) is 6.84. The summed E-state index contributed by atoms with van der Waals surface area (Å²) in [6.45, 7) is 3.67. The molecule has 2 heterocycles. The predicted octanol–water partition coefficient (Wildman–Crippen LogP) is 3.75. The summed E-state index contributed by atoms with van der Waals surface area (Å²) in [6.07, 6.45) is 0. The van der Waals surface area contributed by atoms with E-state index in [1.165, 1.54) is 11.0 Å². The van der Waals surface area contributed by atoms with Crippen LogP contribution in [0.5, 0.6) is 5.75 Å². The van der Waals surface area contributed by atoms with Crippen LogP contribution in [0.15, 0.2) is 40.9 Å². The van der Waals surface area contributed by atoms with E-state index in [0.29, 0.717) is 28.6 Å². The van der Waals surface area contributed by atoms with Crippen LogP contribution in [0.25, 0.3) is 0 Å². The Morgan fingerprint density at radius 3 is 2.67 bits per heavy atom. The zero-order valence-corrected chi connectivity index (χ0v) is 16.2. The van der Waals surface area contributed by atoms with Gasteiger partial charge in [-0.15, -0.1) is 0 Å². The van der Waals surface area contributed by atoms with E-state index in [4.69, 9.17) is 9.26 Å². The lowest BCUT2D eigenvalue weighted by molar-refractivity contribution is -0.121. The first-order chi connectivity index (χ1) is 14.3. The van der Waals surface area contributed by atoms with Crippen LogP contribution >= 0.6 is 0 Å². The number of benzene rings is 2. The van der Waals surface area contributed by atoms with Gasteiger partial charge in [0.15, 0.2) is 18.2 Å². The summed E-state index contributed by atoms with van der Waals surface area (Å²) in [5.41, 5.74) is 2.26. The minimum atomic E-state index is -1.11. The van der Waals surface area contributed by atoms with Gasteiger partial charge in [-0.1, -0.05) is 5.16 Å². The molecule has 0 fully saturated rings. The van der Waals surface area contributed by atoms with Crippen molar-refractivity contribution in [3.8, 4) is 5.75 Å². The van der Waals surface area contributed by atoms with Crippen molar-refractivity contribution < 1.29 is 27.6 Å². The molecule has 2 amide bonds. The van der Waals surface area contributed by atoms with E-state index in [1.807, 2.05) is 0 Å². The molecule has 9 heteroatoms. The molecule has 1 N–H and O–H groups in total. The summed E-state index contributed by atoms with van der Waals surface area (Å²) in [6, 6.07) is 7.70. The Kier molecular flexibility index (Phi) is 4.94. The Labute approximate surface area is 170 Å². The molecule has 2 aromatic carbocycles.